The number of anilines is 1. The van der Waals surface area contributed by atoms with Gasteiger partial charge in [-0.3, -0.25) is 29.3 Å². The van der Waals surface area contributed by atoms with Crippen LogP contribution < -0.4 is 4.31 Å². The van der Waals surface area contributed by atoms with Crippen molar-refractivity contribution in [1.29, 1.82) is 0 Å². The number of hydrogen-bond acceptors (Lipinski definition) is 7. The van der Waals surface area contributed by atoms with Crippen LogP contribution in [0.2, 0.25) is 0 Å². The van der Waals surface area contributed by atoms with Gasteiger partial charge in [0.2, 0.25) is 0 Å². The van der Waals surface area contributed by atoms with Crippen LogP contribution in [-0.4, -0.2) is 35.9 Å². The van der Waals surface area contributed by atoms with Gasteiger partial charge >= 0.3 is 5.97 Å². The van der Waals surface area contributed by atoms with Crippen LogP contribution in [0.4, 0.5) is 17.1 Å². The summed E-state index contributed by atoms with van der Waals surface area (Å²) in [4.78, 5) is 31.2. The molecule has 0 unspecified atom stereocenters. The van der Waals surface area contributed by atoms with Crippen molar-refractivity contribution in [2.45, 2.75) is 11.8 Å². The van der Waals surface area contributed by atoms with Crippen LogP contribution in [0.5, 0.6) is 0 Å². The molecule has 0 aliphatic rings. The van der Waals surface area contributed by atoms with E-state index < -0.39 is 32.4 Å². The third-order valence-corrected chi connectivity index (χ3v) is 5.43. The van der Waals surface area contributed by atoms with Gasteiger partial charge in [0.15, 0.2) is 0 Å². The number of hydrogen-bond donors (Lipinski definition) is 1. The molecule has 0 bridgehead atoms. The number of carboxylic acid groups (broad SMARTS) is 1. The van der Waals surface area contributed by atoms with E-state index in [0.29, 0.717) is 4.31 Å². The summed E-state index contributed by atoms with van der Waals surface area (Å²) in [5.74, 6) is -1.48. The maximum absolute atomic E-state index is 12.9. The Morgan fingerprint density at radius 1 is 1.07 bits per heavy atom. The normalized spacial score (nSPS) is 11.0. The molecule has 27 heavy (non-hydrogen) atoms. The predicted octanol–water partition coefficient (Wildman–Crippen LogP) is 2.09. The minimum absolute atomic E-state index is 0.0331. The second-order valence-electron chi connectivity index (χ2n) is 5.33. The highest BCUT2D eigenvalue weighted by molar-refractivity contribution is 7.92. The first-order valence-corrected chi connectivity index (χ1v) is 8.72. The Labute approximate surface area is 152 Å². The molecule has 0 radical (unpaired) electrons. The van der Waals surface area contributed by atoms with Crippen LogP contribution in [-0.2, 0) is 14.8 Å². The smallest absolute Gasteiger partial charge is 0.324 e. The summed E-state index contributed by atoms with van der Waals surface area (Å²) >= 11 is 0. The van der Waals surface area contributed by atoms with Crippen molar-refractivity contribution >= 4 is 33.1 Å². The van der Waals surface area contributed by atoms with E-state index in [2.05, 4.69) is 0 Å². The molecule has 0 aromatic heterocycles. The fourth-order valence-corrected chi connectivity index (χ4v) is 3.84. The molecule has 0 saturated carbocycles. The van der Waals surface area contributed by atoms with Crippen molar-refractivity contribution < 1.29 is 28.2 Å². The van der Waals surface area contributed by atoms with Gasteiger partial charge in [0.05, 0.1) is 26.0 Å². The van der Waals surface area contributed by atoms with E-state index in [1.807, 2.05) is 0 Å². The van der Waals surface area contributed by atoms with Crippen molar-refractivity contribution in [2.75, 3.05) is 10.8 Å². The van der Waals surface area contributed by atoms with Crippen molar-refractivity contribution in [2.24, 2.45) is 0 Å². The molecular formula is C15H13N3O8S. The fraction of sp³-hybridized carbons (Fsp3) is 0.133. The summed E-state index contributed by atoms with van der Waals surface area (Å²) in [6.07, 6.45) is 0. The monoisotopic (exact) mass is 395 g/mol. The number of sulfonamides is 1. The van der Waals surface area contributed by atoms with Gasteiger partial charge in [-0.15, -0.1) is 0 Å². The first-order chi connectivity index (χ1) is 12.6. The van der Waals surface area contributed by atoms with Gasteiger partial charge in [-0.05, 0) is 25.1 Å². The summed E-state index contributed by atoms with van der Waals surface area (Å²) in [5, 5.41) is 30.9. The highest BCUT2D eigenvalue weighted by atomic mass is 32.2. The molecule has 0 aliphatic carbocycles. The summed E-state index contributed by atoms with van der Waals surface area (Å²) in [7, 11) is -4.45. The number of nitro benzene ring substituents is 2. The molecule has 2 aromatic carbocycles. The second kappa shape index (κ2) is 7.37. The summed E-state index contributed by atoms with van der Waals surface area (Å²) in [5.41, 5.74) is -0.925. The average Bonchev–Trinajstić information content (AvgIpc) is 2.59. The largest absolute Gasteiger partial charge is 0.480 e. The van der Waals surface area contributed by atoms with Gasteiger partial charge < -0.3 is 5.11 Å². The molecule has 142 valence electrons. The van der Waals surface area contributed by atoms with E-state index >= 15 is 0 Å². The Hall–Kier alpha value is -3.54. The van der Waals surface area contributed by atoms with Crippen molar-refractivity contribution in [1.82, 2.24) is 0 Å². The zero-order chi connectivity index (χ0) is 20.4. The number of aliphatic carboxylic acids is 1. The molecule has 0 atom stereocenters. The molecule has 1 N–H and O–H groups in total. The van der Waals surface area contributed by atoms with Crippen LogP contribution in [0.3, 0.4) is 0 Å². The molecule has 0 saturated heterocycles. The SMILES string of the molecule is Cc1c(N(CC(=O)O)S(=O)(=O)c2ccc([N+](=O)[O-])cc2)cccc1[N+](=O)[O-]. The highest BCUT2D eigenvalue weighted by Crippen LogP contribution is 2.32. The van der Waals surface area contributed by atoms with Crippen molar-refractivity contribution in [3.05, 3.63) is 68.3 Å². The van der Waals surface area contributed by atoms with Gasteiger partial charge in [0.1, 0.15) is 6.54 Å². The van der Waals surface area contributed by atoms with E-state index in [9.17, 15) is 33.4 Å². The van der Waals surface area contributed by atoms with Crippen LogP contribution in [0.1, 0.15) is 5.56 Å². The molecule has 2 aromatic rings. The topological polar surface area (TPSA) is 161 Å². The lowest BCUT2D eigenvalue weighted by molar-refractivity contribution is -0.385. The third kappa shape index (κ3) is 4.00. The second-order valence-corrected chi connectivity index (χ2v) is 7.20. The van der Waals surface area contributed by atoms with Crippen molar-refractivity contribution in [3.8, 4) is 0 Å². The number of nitro groups is 2. The van der Waals surface area contributed by atoms with E-state index in [1.54, 1.807) is 0 Å². The number of carboxylic acids is 1. The number of non-ortho nitro benzene ring substituents is 1. The molecule has 0 spiro atoms. The Bertz CT molecular complexity index is 1020. The number of benzene rings is 2. The molecule has 0 amide bonds. The Balaban J connectivity index is 2.62. The van der Waals surface area contributed by atoms with Crippen LogP contribution in [0.25, 0.3) is 0 Å². The summed E-state index contributed by atoms with van der Waals surface area (Å²) in [6.45, 7) is 0.314. The van der Waals surface area contributed by atoms with E-state index in [-0.39, 0.29) is 27.5 Å². The van der Waals surface area contributed by atoms with Crippen LogP contribution >= 0.6 is 0 Å². The molecular weight excluding hydrogens is 382 g/mol. The Morgan fingerprint density at radius 3 is 2.15 bits per heavy atom. The van der Waals surface area contributed by atoms with Gasteiger partial charge in [0, 0.05) is 18.2 Å². The van der Waals surface area contributed by atoms with Gasteiger partial charge in [0.25, 0.3) is 21.4 Å². The highest BCUT2D eigenvalue weighted by Gasteiger charge is 2.30. The zero-order valence-corrected chi connectivity index (χ0v) is 14.6. The molecule has 0 fully saturated rings. The van der Waals surface area contributed by atoms with E-state index in [4.69, 9.17) is 5.11 Å². The van der Waals surface area contributed by atoms with Crippen LogP contribution in [0.15, 0.2) is 47.4 Å². The molecule has 2 rings (SSSR count). The summed E-state index contributed by atoms with van der Waals surface area (Å²) in [6, 6.07) is 7.51. The van der Waals surface area contributed by atoms with Gasteiger partial charge in [-0.1, -0.05) is 6.07 Å². The van der Waals surface area contributed by atoms with Gasteiger partial charge in [-0.2, -0.15) is 0 Å². The standard InChI is InChI=1S/C15H13N3O8S/c1-10-13(3-2-4-14(10)18(23)24)16(9-15(19)20)27(25,26)12-7-5-11(6-8-12)17(21)22/h2-8H,9H2,1H3,(H,19,20). The van der Waals surface area contributed by atoms with Gasteiger partial charge in [-0.25, -0.2) is 8.42 Å². The Kier molecular flexibility index (Phi) is 5.40. The summed E-state index contributed by atoms with van der Waals surface area (Å²) < 4.78 is 26.3. The molecule has 0 heterocycles. The van der Waals surface area contributed by atoms with E-state index in [1.165, 1.54) is 19.1 Å². The lowest BCUT2D eigenvalue weighted by atomic mass is 10.1. The number of carbonyl (C=O) groups is 1. The lowest BCUT2D eigenvalue weighted by Crippen LogP contribution is -2.36. The van der Waals surface area contributed by atoms with Crippen LogP contribution in [0, 0.1) is 27.2 Å². The molecule has 12 heteroatoms. The fourth-order valence-electron chi connectivity index (χ4n) is 2.37. The van der Waals surface area contributed by atoms with Crippen molar-refractivity contribution in [3.63, 3.8) is 0 Å². The lowest BCUT2D eigenvalue weighted by Gasteiger charge is -2.24. The third-order valence-electron chi connectivity index (χ3n) is 3.66. The quantitative estimate of drug-likeness (QED) is 0.550. The minimum Gasteiger partial charge on any atom is -0.480 e. The maximum Gasteiger partial charge on any atom is 0.324 e. The number of rotatable bonds is 7. The zero-order valence-electron chi connectivity index (χ0n) is 13.8. The average molecular weight is 395 g/mol. The first-order valence-electron chi connectivity index (χ1n) is 7.28. The van der Waals surface area contributed by atoms with E-state index in [0.717, 1.165) is 30.3 Å². The predicted molar refractivity (Wildman–Crippen MR) is 93.1 cm³/mol. The maximum atomic E-state index is 12.9. The molecule has 11 nitrogen and oxygen atoms in total. The Morgan fingerprint density at radius 2 is 1.67 bits per heavy atom. The number of nitrogens with zero attached hydrogens (tertiary/aromatic N) is 3. The minimum atomic E-state index is -4.45. The molecule has 0 aliphatic heterocycles. The first kappa shape index (κ1) is 19.8.